The van der Waals surface area contributed by atoms with Crippen LogP contribution in [0.2, 0.25) is 0 Å². The number of aryl methyl sites for hydroxylation is 1. The van der Waals surface area contributed by atoms with E-state index >= 15 is 0 Å². The number of hydrogen-bond donors (Lipinski definition) is 4. The molecule has 6 heteroatoms. The van der Waals surface area contributed by atoms with Crippen LogP contribution in [0.15, 0.2) is 60.8 Å². The van der Waals surface area contributed by atoms with Crippen molar-refractivity contribution in [3.63, 3.8) is 0 Å². The molecule has 0 unspecified atom stereocenters. The third-order valence-corrected chi connectivity index (χ3v) is 4.03. The van der Waals surface area contributed by atoms with E-state index in [0.29, 0.717) is 18.5 Å². The van der Waals surface area contributed by atoms with Crippen LogP contribution < -0.4 is 10.8 Å². The van der Waals surface area contributed by atoms with Gasteiger partial charge >= 0.3 is 0 Å². The maximum atomic E-state index is 12.2. The molecule has 0 saturated heterocycles. The molecule has 0 radical (unpaired) electrons. The highest BCUT2D eigenvalue weighted by atomic mass is 16.5. The number of aromatic amines is 1. The summed E-state index contributed by atoms with van der Waals surface area (Å²) in [6, 6.07) is 15.1. The topological polar surface area (TPSA) is 94.2 Å². The van der Waals surface area contributed by atoms with Gasteiger partial charge in [-0.05, 0) is 41.8 Å². The van der Waals surface area contributed by atoms with Crippen LogP contribution in [-0.4, -0.2) is 22.0 Å². The Morgan fingerprint density at radius 3 is 2.56 bits per heavy atom. The number of rotatable bonds is 6. The summed E-state index contributed by atoms with van der Waals surface area (Å²) in [5, 5.41) is 12.4. The number of carbonyl (C=O) groups excluding carboxylic acids is 2. The van der Waals surface area contributed by atoms with Crippen molar-refractivity contribution in [1.82, 2.24) is 10.5 Å². The molecule has 0 atom stereocenters. The van der Waals surface area contributed by atoms with Gasteiger partial charge in [0.2, 0.25) is 5.91 Å². The zero-order valence-electron chi connectivity index (χ0n) is 14.0. The van der Waals surface area contributed by atoms with Gasteiger partial charge in [-0.2, -0.15) is 0 Å². The van der Waals surface area contributed by atoms with Crippen LogP contribution in [0.25, 0.3) is 17.0 Å². The number of hydrogen-bond acceptors (Lipinski definition) is 3. The normalized spacial score (nSPS) is 10.6. The molecule has 2 aromatic carbocycles. The zero-order chi connectivity index (χ0) is 18.4. The first-order valence-corrected chi connectivity index (χ1v) is 8.23. The number of H-pyrrole nitrogens is 1. The summed E-state index contributed by atoms with van der Waals surface area (Å²) in [6.45, 7) is 0. The summed E-state index contributed by atoms with van der Waals surface area (Å²) in [5.41, 5.74) is 5.19. The van der Waals surface area contributed by atoms with E-state index in [-0.39, 0.29) is 13.3 Å². The van der Waals surface area contributed by atoms with E-state index in [1.807, 2.05) is 30.5 Å². The van der Waals surface area contributed by atoms with Gasteiger partial charge in [0.1, 0.15) is 0 Å². The van der Waals surface area contributed by atoms with E-state index in [0.717, 1.165) is 22.0 Å². The highest BCUT2D eigenvalue weighted by Crippen LogP contribution is 2.19. The van der Waals surface area contributed by atoms with E-state index in [9.17, 15) is 9.59 Å². The first kappa shape index (κ1) is 19.9. The summed E-state index contributed by atoms with van der Waals surface area (Å²) < 4.78 is 0. The first-order chi connectivity index (χ1) is 12.7. The minimum atomic E-state index is -0.598. The summed E-state index contributed by atoms with van der Waals surface area (Å²) in [6.07, 6.45) is 5.78. The minimum absolute atomic E-state index is 0. The molecule has 0 aliphatic rings. The SMILES string of the molecule is C.O=C(/C=C/c1ccc(NC(=O)CCc2c[nH]c3ccccc23)cc1)NO. The predicted octanol–water partition coefficient (Wildman–Crippen LogP) is 3.89. The van der Waals surface area contributed by atoms with E-state index in [1.54, 1.807) is 30.3 Å². The van der Waals surface area contributed by atoms with Gasteiger partial charge in [-0.15, -0.1) is 0 Å². The molecule has 0 aliphatic heterocycles. The largest absolute Gasteiger partial charge is 0.361 e. The molecule has 1 aromatic heterocycles. The molecule has 0 fully saturated rings. The summed E-state index contributed by atoms with van der Waals surface area (Å²) in [4.78, 5) is 26.3. The van der Waals surface area contributed by atoms with Crippen molar-refractivity contribution in [2.45, 2.75) is 20.3 Å². The van der Waals surface area contributed by atoms with Crippen LogP contribution >= 0.6 is 0 Å². The monoisotopic (exact) mass is 365 g/mol. The van der Waals surface area contributed by atoms with Gasteiger partial charge in [0.25, 0.3) is 5.91 Å². The van der Waals surface area contributed by atoms with Gasteiger partial charge in [-0.25, -0.2) is 5.48 Å². The zero-order valence-corrected chi connectivity index (χ0v) is 14.0. The highest BCUT2D eigenvalue weighted by molar-refractivity contribution is 5.92. The van der Waals surface area contributed by atoms with Crippen LogP contribution in [0.5, 0.6) is 0 Å². The van der Waals surface area contributed by atoms with E-state index < -0.39 is 5.91 Å². The molecule has 140 valence electrons. The number of carbonyl (C=O) groups is 2. The van der Waals surface area contributed by atoms with Gasteiger partial charge < -0.3 is 10.3 Å². The van der Waals surface area contributed by atoms with Gasteiger partial charge in [-0.3, -0.25) is 14.8 Å². The van der Waals surface area contributed by atoms with Crippen molar-refractivity contribution >= 4 is 34.5 Å². The van der Waals surface area contributed by atoms with Crippen molar-refractivity contribution < 1.29 is 14.8 Å². The lowest BCUT2D eigenvalue weighted by atomic mass is 10.1. The Labute approximate surface area is 157 Å². The second-order valence-corrected chi connectivity index (χ2v) is 5.84. The molecular weight excluding hydrogens is 342 g/mol. The Bertz CT molecular complexity index is 943. The smallest absolute Gasteiger partial charge is 0.267 e. The molecule has 0 saturated carbocycles. The molecule has 4 N–H and O–H groups in total. The number of benzene rings is 2. The average Bonchev–Trinajstić information content (AvgIpc) is 3.09. The standard InChI is InChI=1S/C20H19N3O3.CH4/c24-19(12-8-15-13-21-18-4-2-1-3-17(15)18)22-16-9-5-14(6-10-16)7-11-20(25)23-26;/h1-7,9-11,13,21,26H,8,12H2,(H,22,24)(H,23,25);1H4/b11-7+;. The second-order valence-electron chi connectivity index (χ2n) is 5.84. The summed E-state index contributed by atoms with van der Waals surface area (Å²) in [5.74, 6) is -0.655. The molecule has 3 aromatic rings. The molecule has 0 aliphatic carbocycles. The number of aromatic nitrogens is 1. The van der Waals surface area contributed by atoms with Gasteiger partial charge in [0.15, 0.2) is 0 Å². The van der Waals surface area contributed by atoms with E-state index in [1.165, 1.54) is 11.6 Å². The fraction of sp³-hybridized carbons (Fsp3) is 0.143. The second kappa shape index (κ2) is 9.35. The number of nitrogens with one attached hydrogen (secondary N) is 3. The van der Waals surface area contributed by atoms with Crippen molar-refractivity contribution in [2.24, 2.45) is 0 Å². The molecule has 3 rings (SSSR count). The van der Waals surface area contributed by atoms with Gasteiger partial charge in [0.05, 0.1) is 0 Å². The van der Waals surface area contributed by atoms with Gasteiger partial charge in [0, 0.05) is 35.3 Å². The molecule has 1 heterocycles. The van der Waals surface area contributed by atoms with E-state index in [2.05, 4.69) is 10.3 Å². The molecule has 0 spiro atoms. The fourth-order valence-electron chi connectivity index (χ4n) is 2.70. The third-order valence-electron chi connectivity index (χ3n) is 4.03. The molecule has 27 heavy (non-hydrogen) atoms. The Morgan fingerprint density at radius 1 is 1.07 bits per heavy atom. The maximum absolute atomic E-state index is 12.2. The number of hydroxylamine groups is 1. The fourth-order valence-corrected chi connectivity index (χ4v) is 2.70. The Kier molecular flexibility index (Phi) is 6.91. The lowest BCUT2D eigenvalue weighted by Crippen LogP contribution is -2.14. The Morgan fingerprint density at radius 2 is 1.81 bits per heavy atom. The van der Waals surface area contributed by atoms with Crippen molar-refractivity contribution in [3.8, 4) is 0 Å². The average molecular weight is 365 g/mol. The van der Waals surface area contributed by atoms with E-state index in [4.69, 9.17) is 5.21 Å². The lowest BCUT2D eigenvalue weighted by Gasteiger charge is -2.05. The summed E-state index contributed by atoms with van der Waals surface area (Å²) in [7, 11) is 0. The van der Waals surface area contributed by atoms with Crippen LogP contribution in [0.4, 0.5) is 5.69 Å². The van der Waals surface area contributed by atoms with Crippen molar-refractivity contribution in [2.75, 3.05) is 5.32 Å². The predicted molar refractivity (Wildman–Crippen MR) is 107 cm³/mol. The molecule has 0 bridgehead atoms. The quantitative estimate of drug-likeness (QED) is 0.303. The van der Waals surface area contributed by atoms with Crippen molar-refractivity contribution in [1.29, 1.82) is 0 Å². The molecular formula is C21H23N3O3. The van der Waals surface area contributed by atoms with Crippen LogP contribution in [0.1, 0.15) is 25.0 Å². The number of para-hydroxylation sites is 1. The minimum Gasteiger partial charge on any atom is -0.361 e. The van der Waals surface area contributed by atoms with Crippen molar-refractivity contribution in [3.05, 3.63) is 71.9 Å². The lowest BCUT2D eigenvalue weighted by molar-refractivity contribution is -0.124. The van der Waals surface area contributed by atoms with Crippen LogP contribution in [0.3, 0.4) is 0 Å². The highest BCUT2D eigenvalue weighted by Gasteiger charge is 2.07. The molecule has 2 amide bonds. The number of amides is 2. The van der Waals surface area contributed by atoms with Crippen LogP contribution in [-0.2, 0) is 16.0 Å². The Hall–Kier alpha value is -3.38. The number of anilines is 1. The first-order valence-electron chi connectivity index (χ1n) is 8.23. The molecule has 6 nitrogen and oxygen atoms in total. The number of fused-ring (bicyclic) bond motifs is 1. The van der Waals surface area contributed by atoms with Crippen LogP contribution in [0, 0.1) is 0 Å². The van der Waals surface area contributed by atoms with Gasteiger partial charge in [-0.1, -0.05) is 37.8 Å². The maximum Gasteiger partial charge on any atom is 0.267 e. The third kappa shape index (κ3) is 5.29. The Balaban J connectivity index is 0.00000261. The summed E-state index contributed by atoms with van der Waals surface area (Å²) >= 11 is 0.